The fourth-order valence-electron chi connectivity index (χ4n) is 2.70. The number of halogens is 1. The number of para-hydroxylation sites is 2. The number of benzene rings is 2. The van der Waals surface area contributed by atoms with Crippen LogP contribution >= 0.6 is 11.6 Å². The average Bonchev–Trinajstić information content (AvgIpc) is 2.54. The van der Waals surface area contributed by atoms with Gasteiger partial charge in [-0.05, 0) is 42.8 Å². The lowest BCUT2D eigenvalue weighted by atomic mass is 9.89. The van der Waals surface area contributed by atoms with Crippen LogP contribution in [0.5, 0.6) is 5.75 Å². The van der Waals surface area contributed by atoms with Crippen LogP contribution in [0.25, 0.3) is 0 Å². The molecular weight excluding hydrogens is 330 g/mol. The molecule has 1 atom stereocenters. The molecule has 5 nitrogen and oxygen atoms in total. The fourth-order valence-corrected chi connectivity index (χ4v) is 2.89. The van der Waals surface area contributed by atoms with E-state index < -0.39 is 17.5 Å². The van der Waals surface area contributed by atoms with Crippen molar-refractivity contribution in [1.82, 2.24) is 0 Å². The Bertz CT molecular complexity index is 820. The van der Waals surface area contributed by atoms with E-state index >= 15 is 0 Å². The van der Waals surface area contributed by atoms with Gasteiger partial charge < -0.3 is 14.8 Å². The third-order valence-electron chi connectivity index (χ3n) is 3.97. The van der Waals surface area contributed by atoms with Gasteiger partial charge in [-0.25, -0.2) is 4.79 Å². The number of methoxy groups -OCH3 is 1. The zero-order chi connectivity index (χ0) is 17.3. The third kappa shape index (κ3) is 2.95. The van der Waals surface area contributed by atoms with Crippen molar-refractivity contribution < 1.29 is 19.1 Å². The molecule has 0 unspecified atom stereocenters. The van der Waals surface area contributed by atoms with Crippen molar-refractivity contribution in [3.63, 3.8) is 0 Å². The standard InChI is InChI=1S/C18H16ClNO4/c1-18(17(22)20-14-5-3-4-6-15(14)23-2)10-11-9-12(19)7-8-13(11)16(21)24-18/h3-9H,10H2,1-2H3,(H,20,22)/t18-/m0/s1. The van der Waals surface area contributed by atoms with E-state index in [1.807, 2.05) is 0 Å². The van der Waals surface area contributed by atoms with Gasteiger partial charge in [0.1, 0.15) is 5.75 Å². The minimum absolute atomic E-state index is 0.246. The van der Waals surface area contributed by atoms with E-state index in [1.165, 1.54) is 7.11 Å². The maximum Gasteiger partial charge on any atom is 0.339 e. The van der Waals surface area contributed by atoms with Crippen LogP contribution in [-0.4, -0.2) is 24.6 Å². The second-order valence-electron chi connectivity index (χ2n) is 5.75. The van der Waals surface area contributed by atoms with Gasteiger partial charge >= 0.3 is 5.97 Å². The first-order valence-electron chi connectivity index (χ1n) is 7.39. The second kappa shape index (κ2) is 6.17. The van der Waals surface area contributed by atoms with Crippen LogP contribution in [-0.2, 0) is 16.0 Å². The number of rotatable bonds is 3. The number of carbonyl (C=O) groups excluding carboxylic acids is 2. The van der Waals surface area contributed by atoms with Crippen LogP contribution in [0.4, 0.5) is 5.69 Å². The Morgan fingerprint density at radius 1 is 1.29 bits per heavy atom. The molecule has 0 radical (unpaired) electrons. The first kappa shape index (κ1) is 16.3. The summed E-state index contributed by atoms with van der Waals surface area (Å²) in [6.07, 6.45) is 0.246. The van der Waals surface area contributed by atoms with E-state index in [9.17, 15) is 9.59 Å². The highest BCUT2D eigenvalue weighted by molar-refractivity contribution is 6.30. The first-order chi connectivity index (χ1) is 11.4. The van der Waals surface area contributed by atoms with Crippen molar-refractivity contribution in [2.75, 3.05) is 12.4 Å². The van der Waals surface area contributed by atoms with Gasteiger partial charge in [0.05, 0.1) is 18.4 Å². The summed E-state index contributed by atoms with van der Waals surface area (Å²) in [5.41, 5.74) is 0.313. The van der Waals surface area contributed by atoms with Crippen LogP contribution in [0, 0.1) is 0 Å². The Morgan fingerprint density at radius 3 is 2.79 bits per heavy atom. The predicted octanol–water partition coefficient (Wildman–Crippen LogP) is 3.46. The number of esters is 1. The van der Waals surface area contributed by atoms with Gasteiger partial charge in [0, 0.05) is 11.4 Å². The summed E-state index contributed by atoms with van der Waals surface area (Å²) in [4.78, 5) is 24.9. The van der Waals surface area contributed by atoms with Gasteiger partial charge in [-0.1, -0.05) is 23.7 Å². The molecule has 0 spiro atoms. The van der Waals surface area contributed by atoms with Crippen LogP contribution in [0.3, 0.4) is 0 Å². The van der Waals surface area contributed by atoms with E-state index in [0.29, 0.717) is 27.6 Å². The Morgan fingerprint density at radius 2 is 2.04 bits per heavy atom. The summed E-state index contributed by atoms with van der Waals surface area (Å²) in [7, 11) is 1.52. The number of nitrogens with one attached hydrogen (secondary N) is 1. The van der Waals surface area contributed by atoms with Gasteiger partial charge in [-0.2, -0.15) is 0 Å². The molecule has 1 heterocycles. The largest absolute Gasteiger partial charge is 0.495 e. The van der Waals surface area contributed by atoms with Gasteiger partial charge in [-0.15, -0.1) is 0 Å². The molecule has 2 aromatic rings. The zero-order valence-electron chi connectivity index (χ0n) is 13.3. The van der Waals surface area contributed by atoms with Gasteiger partial charge in [0.2, 0.25) is 0 Å². The van der Waals surface area contributed by atoms with Crippen LogP contribution < -0.4 is 10.1 Å². The highest BCUT2D eigenvalue weighted by Crippen LogP contribution is 2.32. The van der Waals surface area contributed by atoms with E-state index in [0.717, 1.165) is 0 Å². The minimum Gasteiger partial charge on any atom is -0.495 e. The summed E-state index contributed by atoms with van der Waals surface area (Å²) < 4.78 is 10.6. The number of ether oxygens (including phenoxy) is 2. The maximum atomic E-state index is 12.7. The quantitative estimate of drug-likeness (QED) is 0.865. The SMILES string of the molecule is COc1ccccc1NC(=O)[C@]1(C)Cc2cc(Cl)ccc2C(=O)O1. The van der Waals surface area contributed by atoms with E-state index in [1.54, 1.807) is 49.4 Å². The Kier molecular flexibility index (Phi) is 4.20. The fraction of sp³-hybridized carbons (Fsp3) is 0.222. The molecule has 1 aliphatic rings. The van der Waals surface area contributed by atoms with Gasteiger partial charge in [0.15, 0.2) is 5.60 Å². The molecular formula is C18H16ClNO4. The number of cyclic esters (lactones) is 1. The molecule has 24 heavy (non-hydrogen) atoms. The topological polar surface area (TPSA) is 64.6 Å². The lowest BCUT2D eigenvalue weighted by molar-refractivity contribution is -0.134. The van der Waals surface area contributed by atoms with Crippen molar-refractivity contribution >= 4 is 29.2 Å². The minimum atomic E-state index is -1.32. The smallest absolute Gasteiger partial charge is 0.339 e. The third-order valence-corrected chi connectivity index (χ3v) is 4.20. The average molecular weight is 346 g/mol. The molecule has 0 bridgehead atoms. The van der Waals surface area contributed by atoms with Gasteiger partial charge in [-0.3, -0.25) is 4.79 Å². The number of hydrogen-bond donors (Lipinski definition) is 1. The normalized spacial score (nSPS) is 19.2. The van der Waals surface area contributed by atoms with Crippen molar-refractivity contribution in [2.45, 2.75) is 18.9 Å². The zero-order valence-corrected chi connectivity index (χ0v) is 14.0. The Labute approximate surface area is 144 Å². The second-order valence-corrected chi connectivity index (χ2v) is 6.19. The summed E-state index contributed by atoms with van der Waals surface area (Å²) in [5.74, 6) is -0.434. The summed E-state index contributed by atoms with van der Waals surface area (Å²) >= 11 is 6.00. The monoisotopic (exact) mass is 345 g/mol. The predicted molar refractivity (Wildman–Crippen MR) is 90.6 cm³/mol. The van der Waals surface area contributed by atoms with Gasteiger partial charge in [0.25, 0.3) is 5.91 Å². The van der Waals surface area contributed by atoms with E-state index in [-0.39, 0.29) is 6.42 Å². The molecule has 0 saturated carbocycles. The molecule has 124 valence electrons. The molecule has 1 aliphatic heterocycles. The number of fused-ring (bicyclic) bond motifs is 1. The molecule has 0 fully saturated rings. The summed E-state index contributed by atoms with van der Waals surface area (Å²) in [6.45, 7) is 1.58. The summed E-state index contributed by atoms with van der Waals surface area (Å²) in [5, 5.41) is 3.27. The number of carbonyl (C=O) groups is 2. The van der Waals surface area contributed by atoms with E-state index in [2.05, 4.69) is 5.32 Å². The van der Waals surface area contributed by atoms with Crippen molar-refractivity contribution in [3.05, 3.63) is 58.6 Å². The number of hydrogen-bond acceptors (Lipinski definition) is 4. The highest BCUT2D eigenvalue weighted by atomic mass is 35.5. The summed E-state index contributed by atoms with van der Waals surface area (Å²) in [6, 6.07) is 12.0. The maximum absolute atomic E-state index is 12.7. The first-order valence-corrected chi connectivity index (χ1v) is 7.77. The molecule has 0 aromatic heterocycles. The van der Waals surface area contributed by atoms with Crippen LogP contribution in [0.2, 0.25) is 5.02 Å². The lowest BCUT2D eigenvalue weighted by Crippen LogP contribution is -2.48. The Balaban J connectivity index is 1.88. The van der Waals surface area contributed by atoms with E-state index in [4.69, 9.17) is 21.1 Å². The Hall–Kier alpha value is -2.53. The molecule has 1 N–H and O–H groups in total. The van der Waals surface area contributed by atoms with Crippen molar-refractivity contribution in [1.29, 1.82) is 0 Å². The molecule has 2 aromatic carbocycles. The molecule has 0 saturated heterocycles. The van der Waals surface area contributed by atoms with Crippen molar-refractivity contribution in [2.24, 2.45) is 0 Å². The van der Waals surface area contributed by atoms with Crippen LogP contribution in [0.1, 0.15) is 22.8 Å². The molecule has 3 rings (SSSR count). The highest BCUT2D eigenvalue weighted by Gasteiger charge is 2.43. The molecule has 1 amide bonds. The molecule has 6 heteroatoms. The van der Waals surface area contributed by atoms with Crippen LogP contribution in [0.15, 0.2) is 42.5 Å². The lowest BCUT2D eigenvalue weighted by Gasteiger charge is -2.33. The van der Waals surface area contributed by atoms with Crippen molar-refractivity contribution in [3.8, 4) is 5.75 Å². The number of amides is 1. The number of anilines is 1. The molecule has 0 aliphatic carbocycles.